The molecule has 2 aromatic rings. The van der Waals surface area contributed by atoms with E-state index in [2.05, 4.69) is 21.3 Å². The van der Waals surface area contributed by atoms with Crippen molar-refractivity contribution in [3.63, 3.8) is 0 Å². The number of thiazole rings is 1. The van der Waals surface area contributed by atoms with Crippen LogP contribution in [0.3, 0.4) is 0 Å². The van der Waals surface area contributed by atoms with Crippen molar-refractivity contribution in [2.45, 2.75) is 18.2 Å². The third kappa shape index (κ3) is 3.74. The number of nitrogens with zero attached hydrogens (tertiary/aromatic N) is 3. The van der Waals surface area contributed by atoms with E-state index in [1.807, 2.05) is 18.2 Å². The molecule has 1 N–H and O–H groups in total. The van der Waals surface area contributed by atoms with E-state index in [9.17, 15) is 14.4 Å². The number of nitrogens with one attached hydrogen (secondary N) is 1. The van der Waals surface area contributed by atoms with E-state index in [1.165, 1.54) is 4.70 Å². The Balaban J connectivity index is 1.29. The van der Waals surface area contributed by atoms with E-state index in [-0.39, 0.29) is 23.5 Å². The van der Waals surface area contributed by atoms with Crippen LogP contribution in [0.4, 0.5) is 4.79 Å². The van der Waals surface area contributed by atoms with Crippen LogP contribution in [0.5, 0.6) is 0 Å². The quantitative estimate of drug-likeness (QED) is 0.855. The van der Waals surface area contributed by atoms with Gasteiger partial charge in [0.05, 0.1) is 16.8 Å². The second kappa shape index (κ2) is 7.34. The van der Waals surface area contributed by atoms with Crippen LogP contribution >= 0.6 is 23.1 Å². The fourth-order valence-corrected chi connectivity index (χ4v) is 4.97. The van der Waals surface area contributed by atoms with E-state index >= 15 is 0 Å². The van der Waals surface area contributed by atoms with E-state index in [0.717, 1.165) is 41.9 Å². The smallest absolute Gasteiger partial charge is 0.286 e. The van der Waals surface area contributed by atoms with Crippen LogP contribution in [0, 0.1) is 0 Å². The van der Waals surface area contributed by atoms with Gasteiger partial charge in [-0.05, 0) is 12.1 Å². The van der Waals surface area contributed by atoms with Gasteiger partial charge < -0.3 is 4.90 Å². The molecule has 136 valence electrons. The summed E-state index contributed by atoms with van der Waals surface area (Å²) in [6.07, 6.45) is 0.0834. The first-order valence-corrected chi connectivity index (χ1v) is 10.1. The lowest BCUT2D eigenvalue weighted by atomic mass is 10.2. The number of hydrogen-bond donors (Lipinski definition) is 1. The molecule has 2 aliphatic heterocycles. The number of para-hydroxylation sites is 1. The van der Waals surface area contributed by atoms with Crippen LogP contribution in [-0.2, 0) is 16.1 Å². The molecule has 7 nitrogen and oxygen atoms in total. The fourth-order valence-electron chi connectivity index (χ4n) is 3.15. The topological polar surface area (TPSA) is 82.6 Å². The zero-order valence-corrected chi connectivity index (χ0v) is 15.6. The second-order valence-electron chi connectivity index (χ2n) is 6.32. The average Bonchev–Trinajstić information content (AvgIpc) is 3.17. The Labute approximate surface area is 158 Å². The monoisotopic (exact) mass is 390 g/mol. The summed E-state index contributed by atoms with van der Waals surface area (Å²) >= 11 is 2.61. The Morgan fingerprint density at radius 2 is 1.96 bits per heavy atom. The third-order valence-electron chi connectivity index (χ3n) is 4.55. The zero-order valence-electron chi connectivity index (χ0n) is 14.0. The molecule has 3 amide bonds. The minimum atomic E-state index is -0.587. The maximum Gasteiger partial charge on any atom is 0.286 e. The van der Waals surface area contributed by atoms with Crippen molar-refractivity contribution in [1.29, 1.82) is 0 Å². The number of benzene rings is 1. The maximum absolute atomic E-state index is 12.4. The molecule has 0 bridgehead atoms. The minimum absolute atomic E-state index is 0.0630. The number of hydrogen-bond acceptors (Lipinski definition) is 7. The van der Waals surface area contributed by atoms with Crippen LogP contribution in [0.25, 0.3) is 10.2 Å². The number of aromatic nitrogens is 1. The molecule has 1 atom stereocenters. The summed E-state index contributed by atoms with van der Waals surface area (Å²) in [4.78, 5) is 43.9. The van der Waals surface area contributed by atoms with Gasteiger partial charge in [-0.25, -0.2) is 4.98 Å². The summed E-state index contributed by atoms with van der Waals surface area (Å²) in [6, 6.07) is 8.11. The molecule has 3 heterocycles. The van der Waals surface area contributed by atoms with E-state index in [0.29, 0.717) is 13.1 Å². The van der Waals surface area contributed by atoms with Crippen molar-refractivity contribution in [3.8, 4) is 0 Å². The van der Waals surface area contributed by atoms with Gasteiger partial charge in [-0.15, -0.1) is 11.3 Å². The molecule has 9 heteroatoms. The number of carbonyl (C=O) groups excluding carboxylic acids is 3. The highest BCUT2D eigenvalue weighted by atomic mass is 32.2. The lowest BCUT2D eigenvalue weighted by molar-refractivity contribution is -0.134. The van der Waals surface area contributed by atoms with Gasteiger partial charge in [0.25, 0.3) is 5.24 Å². The van der Waals surface area contributed by atoms with Gasteiger partial charge in [0, 0.05) is 32.6 Å². The summed E-state index contributed by atoms with van der Waals surface area (Å²) in [6.45, 7) is 3.62. The number of imide groups is 1. The van der Waals surface area contributed by atoms with Gasteiger partial charge in [0.15, 0.2) is 0 Å². The number of amides is 3. The van der Waals surface area contributed by atoms with Crippen molar-refractivity contribution >= 4 is 50.4 Å². The number of fused-ring (bicyclic) bond motifs is 1. The molecule has 1 aromatic heterocycles. The molecule has 4 rings (SSSR count). The molecular weight excluding hydrogens is 372 g/mol. The zero-order chi connectivity index (χ0) is 18.1. The largest absolute Gasteiger partial charge is 0.340 e. The van der Waals surface area contributed by atoms with E-state index < -0.39 is 5.25 Å². The summed E-state index contributed by atoms with van der Waals surface area (Å²) in [7, 11) is 0. The van der Waals surface area contributed by atoms with Gasteiger partial charge >= 0.3 is 0 Å². The highest BCUT2D eigenvalue weighted by molar-refractivity contribution is 8.15. The Morgan fingerprint density at radius 1 is 1.19 bits per heavy atom. The van der Waals surface area contributed by atoms with E-state index in [1.54, 1.807) is 16.2 Å². The van der Waals surface area contributed by atoms with Crippen LogP contribution in [0.2, 0.25) is 0 Å². The molecular formula is C17H18N4O3S2. The Kier molecular flexibility index (Phi) is 4.92. The number of carbonyl (C=O) groups is 3. The molecule has 2 aliphatic rings. The number of thioether (sulfide) groups is 1. The summed E-state index contributed by atoms with van der Waals surface area (Å²) in [5.41, 5.74) is 1.03. The average molecular weight is 390 g/mol. The van der Waals surface area contributed by atoms with Gasteiger partial charge in [0.2, 0.25) is 11.8 Å². The van der Waals surface area contributed by atoms with Crippen molar-refractivity contribution in [1.82, 2.24) is 20.1 Å². The standard InChI is InChI=1S/C17H18N4O3S2/c22-15(9-13-16(23)19-17(24)26-13)21-7-5-20(6-8-21)10-14-18-11-3-1-2-4-12(11)25-14/h1-4,13H,5-10H2,(H,19,23,24)/t13-/m0/s1. The third-order valence-corrected chi connectivity index (χ3v) is 6.55. The number of piperazine rings is 1. The molecule has 1 aromatic carbocycles. The second-order valence-corrected chi connectivity index (χ2v) is 8.61. The fraction of sp³-hybridized carbons (Fsp3) is 0.412. The maximum atomic E-state index is 12.4. The molecule has 26 heavy (non-hydrogen) atoms. The molecule has 0 saturated carbocycles. The van der Waals surface area contributed by atoms with Gasteiger partial charge in [-0.2, -0.15) is 0 Å². The molecule has 0 aliphatic carbocycles. The lowest BCUT2D eigenvalue weighted by Gasteiger charge is -2.34. The molecule has 0 unspecified atom stereocenters. The van der Waals surface area contributed by atoms with Crippen molar-refractivity contribution in [2.75, 3.05) is 26.2 Å². The van der Waals surface area contributed by atoms with Crippen LogP contribution in [0.15, 0.2) is 24.3 Å². The number of rotatable bonds is 4. The van der Waals surface area contributed by atoms with E-state index in [4.69, 9.17) is 0 Å². The van der Waals surface area contributed by atoms with Crippen LogP contribution in [0.1, 0.15) is 11.4 Å². The lowest BCUT2D eigenvalue weighted by Crippen LogP contribution is -2.49. The van der Waals surface area contributed by atoms with Gasteiger partial charge in [0.1, 0.15) is 10.3 Å². The molecule has 0 spiro atoms. The molecule has 0 radical (unpaired) electrons. The summed E-state index contributed by atoms with van der Waals surface area (Å²) < 4.78 is 1.19. The first-order chi connectivity index (χ1) is 12.6. The predicted molar refractivity (Wildman–Crippen MR) is 101 cm³/mol. The first-order valence-electron chi connectivity index (χ1n) is 8.44. The van der Waals surface area contributed by atoms with Gasteiger partial charge in [-0.1, -0.05) is 23.9 Å². The normalized spacial score (nSPS) is 21.4. The minimum Gasteiger partial charge on any atom is -0.340 e. The Morgan fingerprint density at radius 3 is 2.65 bits per heavy atom. The van der Waals surface area contributed by atoms with Gasteiger partial charge in [-0.3, -0.25) is 24.6 Å². The van der Waals surface area contributed by atoms with Crippen LogP contribution < -0.4 is 5.32 Å². The predicted octanol–water partition coefficient (Wildman–Crippen LogP) is 1.68. The molecule has 2 fully saturated rings. The summed E-state index contributed by atoms with van der Waals surface area (Å²) in [5, 5.41) is 2.35. The SMILES string of the molecule is O=C1NC(=O)[C@H](CC(=O)N2CCN(Cc3nc4ccccc4s3)CC2)S1. The highest BCUT2D eigenvalue weighted by Crippen LogP contribution is 2.24. The van der Waals surface area contributed by atoms with Crippen molar-refractivity contribution in [3.05, 3.63) is 29.3 Å². The Bertz CT molecular complexity index is 828. The highest BCUT2D eigenvalue weighted by Gasteiger charge is 2.35. The van der Waals surface area contributed by atoms with Crippen molar-refractivity contribution in [2.24, 2.45) is 0 Å². The Hall–Kier alpha value is -1.97. The molecule has 2 saturated heterocycles. The van der Waals surface area contributed by atoms with Crippen molar-refractivity contribution < 1.29 is 14.4 Å². The summed E-state index contributed by atoms with van der Waals surface area (Å²) in [5.74, 6) is -0.421. The van der Waals surface area contributed by atoms with Crippen LogP contribution in [-0.4, -0.2) is 63.3 Å². The first kappa shape index (κ1) is 17.4.